The standard InChI is InChI=1S/C25H29IN6O2/c1-6-17(24(26)27)18-12-30-23-10-21(18)34-14-16(4)13-33-20(9-15(2)3)19(11-28-5)25-29-8-7-22(31-23)32-25/h6-8,10-12,16,27H,2,9,13-14H2,1,3-5H3,(H,29,30,31,32)/b17-6-,20-19-,27-24?,28-11-. The normalized spacial score (nSPS) is 19.0. The van der Waals surface area contributed by atoms with Gasteiger partial charge in [-0.1, -0.05) is 25.2 Å². The average molecular weight is 572 g/mol. The van der Waals surface area contributed by atoms with Gasteiger partial charge in [0.2, 0.25) is 0 Å². The Bertz CT molecular complexity index is 1170. The molecule has 0 aliphatic carbocycles. The number of aromatic nitrogens is 3. The van der Waals surface area contributed by atoms with Gasteiger partial charge in [0.1, 0.15) is 23.1 Å². The van der Waals surface area contributed by atoms with Gasteiger partial charge in [-0.3, -0.25) is 10.4 Å². The Balaban J connectivity index is 2.12. The van der Waals surface area contributed by atoms with Crippen molar-refractivity contribution in [2.45, 2.75) is 27.2 Å². The van der Waals surface area contributed by atoms with Crippen molar-refractivity contribution >= 4 is 55.3 Å². The van der Waals surface area contributed by atoms with Gasteiger partial charge in [-0.15, -0.1) is 0 Å². The fourth-order valence-electron chi connectivity index (χ4n) is 3.32. The van der Waals surface area contributed by atoms with E-state index in [-0.39, 0.29) is 5.92 Å². The summed E-state index contributed by atoms with van der Waals surface area (Å²) in [5, 5.41) is 11.4. The molecule has 34 heavy (non-hydrogen) atoms. The van der Waals surface area contributed by atoms with E-state index < -0.39 is 0 Å². The smallest absolute Gasteiger partial charge is 0.166 e. The molecular formula is C25H29IN6O2. The molecule has 0 aromatic carbocycles. The second kappa shape index (κ2) is 11.9. The molecular weight excluding hydrogens is 543 g/mol. The first-order valence-corrected chi connectivity index (χ1v) is 12.0. The Morgan fingerprint density at radius 1 is 1.32 bits per heavy atom. The van der Waals surface area contributed by atoms with Crippen molar-refractivity contribution in [2.75, 3.05) is 25.6 Å². The number of rotatable bonds is 5. The van der Waals surface area contributed by atoms with Crippen LogP contribution in [0, 0.1) is 11.3 Å². The van der Waals surface area contributed by atoms with Gasteiger partial charge in [-0.05, 0) is 42.5 Å². The number of fused-ring (bicyclic) bond motifs is 4. The summed E-state index contributed by atoms with van der Waals surface area (Å²) >= 11 is 1.99. The number of hydrogen-bond acceptors (Lipinski definition) is 8. The van der Waals surface area contributed by atoms with Gasteiger partial charge in [0, 0.05) is 55.2 Å². The van der Waals surface area contributed by atoms with Crippen molar-refractivity contribution < 1.29 is 9.47 Å². The average Bonchev–Trinajstić information content (AvgIpc) is 2.79. The summed E-state index contributed by atoms with van der Waals surface area (Å²) in [4.78, 5) is 17.9. The summed E-state index contributed by atoms with van der Waals surface area (Å²) in [6.45, 7) is 10.8. The van der Waals surface area contributed by atoms with Crippen molar-refractivity contribution in [1.29, 1.82) is 5.41 Å². The maximum Gasteiger partial charge on any atom is 0.166 e. The van der Waals surface area contributed by atoms with Crippen LogP contribution >= 0.6 is 22.6 Å². The molecule has 2 N–H and O–H groups in total. The predicted octanol–water partition coefficient (Wildman–Crippen LogP) is 5.85. The number of pyridine rings is 1. The lowest BCUT2D eigenvalue weighted by molar-refractivity contribution is 0.134. The number of allylic oxidation sites excluding steroid dienone is 4. The highest BCUT2D eigenvalue weighted by molar-refractivity contribution is 14.1. The SMILES string of the molecule is C=C(C)C/C1=C(\C=N/C)c2nccc(n2)Nc2cc(c(/C(=C/C)C(=N)I)cn2)OCC(C)CO1. The molecule has 1 aliphatic heterocycles. The van der Waals surface area contributed by atoms with Gasteiger partial charge < -0.3 is 14.8 Å². The van der Waals surface area contributed by atoms with Crippen LogP contribution in [0.5, 0.6) is 5.75 Å². The van der Waals surface area contributed by atoms with Crippen LogP contribution in [0.1, 0.15) is 38.6 Å². The molecule has 4 bridgehead atoms. The highest BCUT2D eigenvalue weighted by Crippen LogP contribution is 2.32. The highest BCUT2D eigenvalue weighted by Gasteiger charge is 2.18. The zero-order valence-electron chi connectivity index (χ0n) is 19.9. The van der Waals surface area contributed by atoms with Crippen LogP contribution < -0.4 is 10.1 Å². The van der Waals surface area contributed by atoms with E-state index in [1.165, 1.54) is 0 Å². The fraction of sp³-hybridized carbons (Fsp3) is 0.320. The second-order valence-electron chi connectivity index (χ2n) is 8.06. The van der Waals surface area contributed by atoms with Crippen LogP contribution in [0.25, 0.3) is 11.1 Å². The van der Waals surface area contributed by atoms with Crippen LogP contribution in [-0.2, 0) is 4.74 Å². The zero-order valence-corrected chi connectivity index (χ0v) is 22.0. The minimum atomic E-state index is 0.0839. The Kier molecular flexibility index (Phi) is 8.91. The molecule has 0 radical (unpaired) electrons. The second-order valence-corrected chi connectivity index (χ2v) is 9.14. The Morgan fingerprint density at radius 3 is 2.76 bits per heavy atom. The van der Waals surface area contributed by atoms with E-state index in [2.05, 4.69) is 38.8 Å². The minimum absolute atomic E-state index is 0.0839. The van der Waals surface area contributed by atoms with Gasteiger partial charge >= 0.3 is 0 Å². The zero-order chi connectivity index (χ0) is 24.7. The molecule has 0 saturated heterocycles. The quantitative estimate of drug-likeness (QED) is 0.265. The lowest BCUT2D eigenvalue weighted by Crippen LogP contribution is -2.17. The summed E-state index contributed by atoms with van der Waals surface area (Å²) < 4.78 is 12.9. The van der Waals surface area contributed by atoms with E-state index in [1.54, 1.807) is 31.7 Å². The van der Waals surface area contributed by atoms with Crippen LogP contribution in [0.3, 0.4) is 0 Å². The minimum Gasteiger partial charge on any atom is -0.496 e. The van der Waals surface area contributed by atoms with Crippen LogP contribution in [0.15, 0.2) is 53.5 Å². The molecule has 1 unspecified atom stereocenters. The van der Waals surface area contributed by atoms with Crippen molar-refractivity contribution in [2.24, 2.45) is 10.9 Å². The molecule has 1 aliphatic rings. The molecule has 2 aromatic rings. The summed E-state index contributed by atoms with van der Waals surface area (Å²) in [5.74, 6) is 3.09. The third-order valence-electron chi connectivity index (χ3n) is 4.92. The number of nitrogens with one attached hydrogen (secondary N) is 2. The first kappa shape index (κ1) is 25.5. The van der Waals surface area contributed by atoms with Crippen molar-refractivity contribution in [3.05, 3.63) is 59.9 Å². The van der Waals surface area contributed by atoms with Crippen LogP contribution in [0.2, 0.25) is 0 Å². The first-order valence-electron chi connectivity index (χ1n) is 10.9. The molecule has 9 heteroatoms. The van der Waals surface area contributed by atoms with Crippen molar-refractivity contribution in [1.82, 2.24) is 15.0 Å². The molecule has 0 saturated carbocycles. The number of halogens is 1. The molecule has 0 spiro atoms. The Morgan fingerprint density at radius 2 is 2.09 bits per heavy atom. The molecule has 2 aromatic heterocycles. The molecule has 1 atom stereocenters. The van der Waals surface area contributed by atoms with E-state index in [0.29, 0.717) is 57.9 Å². The maximum atomic E-state index is 8.12. The fourth-order valence-corrected chi connectivity index (χ4v) is 3.92. The van der Waals surface area contributed by atoms with E-state index in [0.717, 1.165) is 16.7 Å². The summed E-state index contributed by atoms with van der Waals surface area (Å²) in [5.41, 5.74) is 3.20. The topological polar surface area (TPSA) is 105 Å². The van der Waals surface area contributed by atoms with Gasteiger partial charge in [0.05, 0.1) is 22.5 Å². The maximum absolute atomic E-state index is 8.12. The number of aliphatic imine (C=N–C) groups is 1. The number of anilines is 2. The van der Waals surface area contributed by atoms with Gasteiger partial charge in [-0.25, -0.2) is 15.0 Å². The molecule has 178 valence electrons. The van der Waals surface area contributed by atoms with Crippen LogP contribution in [-0.4, -0.2) is 45.1 Å². The monoisotopic (exact) mass is 572 g/mol. The van der Waals surface area contributed by atoms with Crippen molar-refractivity contribution in [3.63, 3.8) is 0 Å². The Hall–Kier alpha value is -3.08. The summed E-state index contributed by atoms with van der Waals surface area (Å²) in [7, 11) is 1.71. The lowest BCUT2D eigenvalue weighted by atomic mass is 10.1. The largest absolute Gasteiger partial charge is 0.496 e. The molecule has 3 rings (SSSR count). The van der Waals surface area contributed by atoms with Crippen molar-refractivity contribution in [3.8, 4) is 5.75 Å². The molecule has 0 fully saturated rings. The first-order chi connectivity index (χ1) is 16.3. The van der Waals surface area contributed by atoms with E-state index in [1.807, 2.05) is 48.6 Å². The number of hydrogen-bond donors (Lipinski definition) is 2. The van der Waals surface area contributed by atoms with E-state index in [9.17, 15) is 0 Å². The predicted molar refractivity (Wildman–Crippen MR) is 146 cm³/mol. The summed E-state index contributed by atoms with van der Waals surface area (Å²) in [6, 6.07) is 3.60. The number of nitrogens with zero attached hydrogens (tertiary/aromatic N) is 4. The van der Waals surface area contributed by atoms with Gasteiger partial charge in [0.15, 0.2) is 5.82 Å². The lowest BCUT2D eigenvalue weighted by Gasteiger charge is -2.20. The van der Waals surface area contributed by atoms with Gasteiger partial charge in [-0.2, -0.15) is 0 Å². The summed E-state index contributed by atoms with van der Waals surface area (Å²) in [6.07, 6.45) is 7.55. The molecule has 3 heterocycles. The third kappa shape index (κ3) is 6.49. The highest BCUT2D eigenvalue weighted by atomic mass is 127. The number of ether oxygens (including phenoxy) is 2. The Labute approximate surface area is 214 Å². The molecule has 8 nitrogen and oxygen atoms in total. The third-order valence-corrected chi connectivity index (χ3v) is 5.50. The molecule has 0 amide bonds. The van der Waals surface area contributed by atoms with Crippen LogP contribution in [0.4, 0.5) is 11.6 Å². The van der Waals surface area contributed by atoms with E-state index in [4.69, 9.17) is 14.9 Å². The van der Waals surface area contributed by atoms with Gasteiger partial charge in [0.25, 0.3) is 0 Å². The van der Waals surface area contributed by atoms with E-state index >= 15 is 0 Å².